The number of rotatable bonds is 7. The second-order valence-electron chi connectivity index (χ2n) is 9.05. The molecule has 2 saturated carbocycles. The summed E-state index contributed by atoms with van der Waals surface area (Å²) < 4.78 is 18.9. The fraction of sp³-hybridized carbons (Fsp3) is 0.360. The topological polar surface area (TPSA) is 107 Å². The predicted octanol–water partition coefficient (Wildman–Crippen LogP) is 3.98. The SMILES string of the molecule is CCOP(=O)(C(=O)c1ccc(NC(=O)C23CCC(C(=O)C2=O)C3(C)C)cc1)c1ccccc1. The van der Waals surface area contributed by atoms with Crippen LogP contribution in [0.2, 0.25) is 0 Å². The number of anilines is 1. The van der Waals surface area contributed by atoms with Crippen LogP contribution in [0.3, 0.4) is 0 Å². The molecule has 2 aromatic carbocycles. The van der Waals surface area contributed by atoms with Crippen LogP contribution < -0.4 is 10.6 Å². The summed E-state index contributed by atoms with van der Waals surface area (Å²) in [6.45, 7) is 5.37. The van der Waals surface area contributed by atoms with Gasteiger partial charge in [0, 0.05) is 22.5 Å². The molecule has 2 aliphatic rings. The van der Waals surface area contributed by atoms with Gasteiger partial charge in [-0.15, -0.1) is 0 Å². The van der Waals surface area contributed by atoms with Gasteiger partial charge in [0.25, 0.3) is 5.52 Å². The number of fused-ring (bicyclic) bond motifs is 2. The number of carbonyl (C=O) groups is 4. The number of hydrogen-bond acceptors (Lipinski definition) is 6. The van der Waals surface area contributed by atoms with Gasteiger partial charge in [0.15, 0.2) is 0 Å². The molecule has 0 aliphatic heterocycles. The van der Waals surface area contributed by atoms with Gasteiger partial charge in [0.1, 0.15) is 5.41 Å². The summed E-state index contributed by atoms with van der Waals surface area (Å²) in [6.07, 6.45) is 0.858. The smallest absolute Gasteiger partial charge is 0.300 e. The highest BCUT2D eigenvalue weighted by Crippen LogP contribution is 2.62. The number of Topliss-reactive ketones (excluding diaryl/α,β-unsaturated/α-hetero) is 2. The molecule has 0 spiro atoms. The minimum Gasteiger partial charge on any atom is -0.325 e. The fourth-order valence-electron chi connectivity index (χ4n) is 5.24. The van der Waals surface area contributed by atoms with Crippen molar-refractivity contribution in [2.45, 2.75) is 33.6 Å². The first kappa shape index (κ1) is 23.3. The van der Waals surface area contributed by atoms with E-state index in [1.165, 1.54) is 24.3 Å². The monoisotopic (exact) mass is 467 g/mol. The largest absolute Gasteiger partial charge is 0.325 e. The number of carbonyl (C=O) groups excluding carboxylic acids is 4. The third-order valence-corrected chi connectivity index (χ3v) is 9.55. The molecular weight excluding hydrogens is 441 g/mol. The molecular formula is C25H26NO6P. The summed E-state index contributed by atoms with van der Waals surface area (Å²) in [7, 11) is -3.80. The standard InChI is InChI=1S/C25H26NO6P/c1-4-32-33(31,18-8-6-5-7-9-18)22(29)16-10-12-17(13-11-16)26-23(30)25-15-14-19(24(25,2)3)20(27)21(25)28/h5-13,19H,4,14-15H2,1-3H3,(H,26,30). The van der Waals surface area contributed by atoms with Crippen LogP contribution in [-0.2, 0) is 23.5 Å². The third-order valence-electron chi connectivity index (χ3n) is 7.16. The van der Waals surface area contributed by atoms with Crippen molar-refractivity contribution in [1.82, 2.24) is 0 Å². The van der Waals surface area contributed by atoms with Crippen LogP contribution in [0, 0.1) is 16.7 Å². The van der Waals surface area contributed by atoms with Crippen LogP contribution in [-0.4, -0.2) is 29.6 Å². The van der Waals surface area contributed by atoms with Crippen molar-refractivity contribution < 1.29 is 28.3 Å². The summed E-state index contributed by atoms with van der Waals surface area (Å²) in [5, 5.41) is 3.06. The Morgan fingerprint density at radius 1 is 1.06 bits per heavy atom. The first-order valence-corrected chi connectivity index (χ1v) is 12.6. The molecule has 0 heterocycles. The average molecular weight is 467 g/mol. The van der Waals surface area contributed by atoms with E-state index in [0.717, 1.165) is 0 Å². The average Bonchev–Trinajstić information content (AvgIpc) is 3.16. The Kier molecular flexibility index (Phi) is 5.75. The van der Waals surface area contributed by atoms with Crippen molar-refractivity contribution in [3.8, 4) is 0 Å². The van der Waals surface area contributed by atoms with Gasteiger partial charge in [-0.25, -0.2) is 0 Å². The molecule has 33 heavy (non-hydrogen) atoms. The molecule has 8 heteroatoms. The highest BCUT2D eigenvalue weighted by Gasteiger charge is 2.72. The number of nitrogens with one attached hydrogen (secondary N) is 1. The van der Waals surface area contributed by atoms with Crippen molar-refractivity contribution in [3.63, 3.8) is 0 Å². The van der Waals surface area contributed by atoms with Gasteiger partial charge < -0.3 is 9.84 Å². The highest BCUT2D eigenvalue weighted by atomic mass is 31.2. The van der Waals surface area contributed by atoms with Gasteiger partial charge in [-0.1, -0.05) is 32.0 Å². The molecule has 3 unspecified atom stereocenters. The summed E-state index contributed by atoms with van der Waals surface area (Å²) in [5.74, 6) is -2.01. The maximum Gasteiger partial charge on any atom is 0.300 e. The van der Waals surface area contributed by atoms with E-state index in [2.05, 4.69) is 5.32 Å². The lowest BCUT2D eigenvalue weighted by molar-refractivity contribution is -0.147. The molecule has 1 amide bonds. The summed E-state index contributed by atoms with van der Waals surface area (Å²) in [4.78, 5) is 51.3. The number of benzene rings is 2. The maximum atomic E-state index is 13.5. The molecule has 2 fully saturated rings. The number of amides is 1. The van der Waals surface area contributed by atoms with Gasteiger partial charge in [-0.05, 0) is 61.6 Å². The zero-order chi connectivity index (χ0) is 24.0. The molecule has 0 aromatic heterocycles. The van der Waals surface area contributed by atoms with Crippen molar-refractivity contribution in [2.24, 2.45) is 16.7 Å². The lowest BCUT2D eigenvalue weighted by atomic mass is 9.68. The second-order valence-corrected chi connectivity index (χ2v) is 11.3. The van der Waals surface area contributed by atoms with Crippen LogP contribution in [0.25, 0.3) is 0 Å². The predicted molar refractivity (Wildman–Crippen MR) is 124 cm³/mol. The van der Waals surface area contributed by atoms with E-state index in [9.17, 15) is 23.7 Å². The van der Waals surface area contributed by atoms with Gasteiger partial charge >= 0.3 is 7.37 Å². The Morgan fingerprint density at radius 3 is 2.24 bits per heavy atom. The Labute approximate surface area is 192 Å². The van der Waals surface area contributed by atoms with Crippen LogP contribution in [0.5, 0.6) is 0 Å². The molecule has 0 saturated heterocycles. The van der Waals surface area contributed by atoms with E-state index in [1.807, 2.05) is 0 Å². The molecule has 0 radical (unpaired) electrons. The Morgan fingerprint density at radius 2 is 1.70 bits per heavy atom. The van der Waals surface area contributed by atoms with E-state index in [4.69, 9.17) is 4.52 Å². The molecule has 7 nitrogen and oxygen atoms in total. The van der Waals surface area contributed by atoms with Crippen LogP contribution >= 0.6 is 7.37 Å². The van der Waals surface area contributed by atoms with Crippen molar-refractivity contribution in [2.75, 3.05) is 11.9 Å². The van der Waals surface area contributed by atoms with Crippen LogP contribution in [0.4, 0.5) is 5.69 Å². The van der Waals surface area contributed by atoms with Crippen molar-refractivity contribution >= 4 is 41.4 Å². The van der Waals surface area contributed by atoms with E-state index >= 15 is 0 Å². The Hall–Kier alpha value is -2.89. The van der Waals surface area contributed by atoms with Crippen molar-refractivity contribution in [3.05, 3.63) is 60.2 Å². The number of hydrogen-bond donors (Lipinski definition) is 1. The van der Waals surface area contributed by atoms with Gasteiger partial charge in [0.05, 0.1) is 6.61 Å². The summed E-state index contributed by atoms with van der Waals surface area (Å²) in [6, 6.07) is 14.3. The van der Waals surface area contributed by atoms with Gasteiger partial charge in [-0.2, -0.15) is 0 Å². The first-order valence-electron chi connectivity index (χ1n) is 10.9. The van der Waals surface area contributed by atoms with E-state index < -0.39 is 47.1 Å². The van der Waals surface area contributed by atoms with Gasteiger partial charge in [-0.3, -0.25) is 23.7 Å². The molecule has 3 atom stereocenters. The zero-order valence-corrected chi connectivity index (χ0v) is 19.7. The zero-order valence-electron chi connectivity index (χ0n) is 18.8. The molecule has 2 aromatic rings. The summed E-state index contributed by atoms with van der Waals surface area (Å²) in [5.41, 5.74) is -2.20. The maximum absolute atomic E-state index is 13.5. The van der Waals surface area contributed by atoms with Crippen LogP contribution in [0.1, 0.15) is 44.0 Å². The Bertz CT molecular complexity index is 1190. The fourth-order valence-corrected chi connectivity index (χ4v) is 7.16. The molecule has 172 valence electrons. The normalized spacial score (nSPS) is 25.0. The molecule has 1 N–H and O–H groups in total. The minimum absolute atomic E-state index is 0.109. The lowest BCUT2D eigenvalue weighted by Gasteiger charge is -2.33. The molecule has 2 aliphatic carbocycles. The highest BCUT2D eigenvalue weighted by molar-refractivity contribution is 7.83. The minimum atomic E-state index is -3.80. The van der Waals surface area contributed by atoms with Crippen molar-refractivity contribution in [1.29, 1.82) is 0 Å². The number of ketones is 2. The second kappa shape index (κ2) is 8.15. The van der Waals surface area contributed by atoms with E-state index in [1.54, 1.807) is 51.1 Å². The Balaban J connectivity index is 1.57. The van der Waals surface area contributed by atoms with E-state index in [-0.39, 0.29) is 12.2 Å². The lowest BCUT2D eigenvalue weighted by Crippen LogP contribution is -2.47. The van der Waals surface area contributed by atoms with Crippen LogP contribution in [0.15, 0.2) is 54.6 Å². The molecule has 4 rings (SSSR count). The molecule has 2 bridgehead atoms. The summed E-state index contributed by atoms with van der Waals surface area (Å²) >= 11 is 0. The quantitative estimate of drug-likeness (QED) is 0.375. The van der Waals surface area contributed by atoms with Gasteiger partial charge in [0.2, 0.25) is 17.5 Å². The van der Waals surface area contributed by atoms with E-state index in [0.29, 0.717) is 23.8 Å². The first-order chi connectivity index (χ1) is 15.6. The third kappa shape index (κ3) is 3.33.